The fourth-order valence-electron chi connectivity index (χ4n) is 24.6. The van der Waals surface area contributed by atoms with Gasteiger partial charge in [-0.3, -0.25) is 0 Å². The molecule has 33 rings (SSSR count). The Labute approximate surface area is 858 Å². The summed E-state index contributed by atoms with van der Waals surface area (Å²) in [7, 11) is 0. The molecule has 150 heavy (non-hydrogen) atoms. The van der Waals surface area contributed by atoms with Crippen LogP contribution in [-0.2, 0) is 0 Å². The van der Waals surface area contributed by atoms with E-state index in [1.54, 1.807) is 0 Å². The SMILES string of the molecule is c1ccc(-c2c3ccccc3c(-c3ccc(-c4ccc5c(c4)oc4c5ccc5c6ccc7ccccc7c6oc54)cc3)c3ccccc23)cc1.c1ccc(-c2c3ccccc3c(-c3ccc(-c4ccc5c(c4)oc4cc6oc7ccc8ccccc8c7c6cc45)cc3)c3ccccc23)cc1.c1ccc(-c2c3ccccc3c(-c3ccc(-c4ccc5c(c4)oc4ccc6oc7c8ccccc8ccc7c6c45)cc3)c3ccccc23)cc1. The molecule has 6 heterocycles. The van der Waals surface area contributed by atoms with Crippen molar-refractivity contribution in [2.75, 3.05) is 0 Å². The number of hydrogen-bond acceptors (Lipinski definition) is 6. The fraction of sp³-hybridized carbons (Fsp3) is 0. The molecule has 6 aromatic heterocycles. The molecule has 33 aromatic rings. The molecule has 0 saturated heterocycles. The Morgan fingerprint density at radius 1 is 0.0933 bits per heavy atom. The number of rotatable bonds is 9. The van der Waals surface area contributed by atoms with Crippen molar-refractivity contribution in [2.24, 2.45) is 0 Å². The Morgan fingerprint density at radius 2 is 0.327 bits per heavy atom. The fourth-order valence-corrected chi connectivity index (χ4v) is 24.6. The largest absolute Gasteiger partial charge is 0.456 e. The highest BCUT2D eigenvalue weighted by molar-refractivity contribution is 6.31. The average Bonchev–Trinajstić information content (AvgIpc) is 1.48. The molecule has 0 saturated carbocycles. The lowest BCUT2D eigenvalue weighted by Gasteiger charge is -2.18. The second-order valence-corrected chi connectivity index (χ2v) is 39.6. The van der Waals surface area contributed by atoms with E-state index in [1.807, 2.05) is 18.2 Å². The van der Waals surface area contributed by atoms with Crippen molar-refractivity contribution in [3.63, 3.8) is 0 Å². The lowest BCUT2D eigenvalue weighted by molar-refractivity contribution is 0.635. The maximum atomic E-state index is 6.61. The summed E-state index contributed by atoms with van der Waals surface area (Å²) in [5, 5.41) is 35.3. The molecular formula is C144H84O6. The summed E-state index contributed by atoms with van der Waals surface area (Å²) in [6, 6.07) is 183. The predicted octanol–water partition coefficient (Wildman–Crippen LogP) is 41.8. The van der Waals surface area contributed by atoms with Crippen molar-refractivity contribution < 1.29 is 26.5 Å². The second-order valence-electron chi connectivity index (χ2n) is 39.6. The van der Waals surface area contributed by atoms with E-state index < -0.39 is 0 Å². The van der Waals surface area contributed by atoms with Crippen LogP contribution in [0.1, 0.15) is 0 Å². The first kappa shape index (κ1) is 84.6. The summed E-state index contributed by atoms with van der Waals surface area (Å²) in [6.45, 7) is 0. The minimum Gasteiger partial charge on any atom is -0.456 e. The molecule has 0 unspecified atom stereocenters. The molecule has 0 bridgehead atoms. The van der Waals surface area contributed by atoms with E-state index in [0.717, 1.165) is 176 Å². The quantitative estimate of drug-likeness (QED) is 0.134. The smallest absolute Gasteiger partial charge is 0.178 e. The summed E-state index contributed by atoms with van der Waals surface area (Å²) in [5.41, 5.74) is 32.1. The van der Waals surface area contributed by atoms with E-state index >= 15 is 0 Å². The van der Waals surface area contributed by atoms with Crippen LogP contribution in [0, 0.1) is 0 Å². The van der Waals surface area contributed by atoms with Gasteiger partial charge in [-0.25, -0.2) is 0 Å². The monoisotopic (exact) mass is 1910 g/mol. The molecule has 0 amide bonds. The minimum absolute atomic E-state index is 0.794. The summed E-state index contributed by atoms with van der Waals surface area (Å²) in [4.78, 5) is 0. The van der Waals surface area contributed by atoms with Crippen LogP contribution >= 0.6 is 0 Å². The summed E-state index contributed by atoms with van der Waals surface area (Å²) >= 11 is 0. The van der Waals surface area contributed by atoms with Gasteiger partial charge in [0.2, 0.25) is 0 Å². The first-order chi connectivity index (χ1) is 74.4. The molecule has 0 aliphatic rings. The third kappa shape index (κ3) is 13.4. The third-order valence-corrected chi connectivity index (χ3v) is 31.4. The average molecular weight is 1910 g/mol. The van der Waals surface area contributed by atoms with Gasteiger partial charge in [-0.15, -0.1) is 0 Å². The zero-order valence-electron chi connectivity index (χ0n) is 80.9. The molecule has 27 aromatic carbocycles. The van der Waals surface area contributed by atoms with Crippen LogP contribution in [0.5, 0.6) is 0 Å². The standard InChI is InChI=1S/3C48H28O2/c1-2-11-31(12-3-1)44-36-14-6-8-16-38(36)45(39-17-9-7-15-37(39)44)32-20-18-29(19-21-32)33-23-24-35-40-26-27-42-41-25-22-30-10-4-5-13-34(30)46(41)50-48(42)47(40)49-43(35)28-33;1-2-11-31(12-3-1)44-35-14-6-8-16-37(35)45(38-17-9-7-15-36(38)44)32-20-18-29(19-21-32)33-23-24-39-43(28-33)49-41-26-27-42-47(46(39)41)40-25-22-30-10-4-5-13-34(30)48(40)50-42;1-2-11-31(12-3-1)46-36-14-6-8-16-38(36)47(39-17-9-7-15-37(39)46)32-20-18-29(19-21-32)33-22-24-35-40-27-41-45(28-44(40)50-43(35)26-33)49-42-25-23-30-10-4-5-13-34(30)48(41)42/h3*1-28H. The lowest BCUT2D eigenvalue weighted by atomic mass is 9.86. The molecule has 6 heteroatoms. The molecule has 696 valence electrons. The van der Waals surface area contributed by atoms with Crippen LogP contribution in [0.15, 0.2) is 536 Å². The molecule has 0 aliphatic carbocycles. The Bertz CT molecular complexity index is 11200. The number of hydrogen-bond donors (Lipinski definition) is 0. The molecule has 0 N–H and O–H groups in total. The van der Waals surface area contributed by atoms with Gasteiger partial charge in [0.1, 0.15) is 55.8 Å². The van der Waals surface area contributed by atoms with Crippen molar-refractivity contribution >= 4 is 229 Å². The van der Waals surface area contributed by atoms with E-state index in [1.165, 1.54) is 153 Å². The van der Waals surface area contributed by atoms with Gasteiger partial charge in [0.25, 0.3) is 0 Å². The van der Waals surface area contributed by atoms with E-state index in [-0.39, 0.29) is 0 Å². The first-order valence-electron chi connectivity index (χ1n) is 51.3. The van der Waals surface area contributed by atoms with Crippen LogP contribution in [0.2, 0.25) is 0 Å². The molecule has 0 atom stereocenters. The van der Waals surface area contributed by atoms with Gasteiger partial charge in [0.15, 0.2) is 11.2 Å². The normalized spacial score (nSPS) is 12.0. The maximum absolute atomic E-state index is 6.61. The topological polar surface area (TPSA) is 78.8 Å². The number of benzene rings is 27. The molecule has 0 fully saturated rings. The van der Waals surface area contributed by atoms with E-state index in [9.17, 15) is 0 Å². The van der Waals surface area contributed by atoms with Gasteiger partial charge >= 0.3 is 0 Å². The van der Waals surface area contributed by atoms with Crippen molar-refractivity contribution in [3.05, 3.63) is 510 Å². The highest BCUT2D eigenvalue weighted by atomic mass is 16.4. The molecule has 0 aliphatic heterocycles. The molecule has 6 nitrogen and oxygen atoms in total. The first-order valence-corrected chi connectivity index (χ1v) is 51.3. The van der Waals surface area contributed by atoms with Gasteiger partial charge in [-0.2, -0.15) is 0 Å². The van der Waals surface area contributed by atoms with Crippen LogP contribution in [0.25, 0.3) is 329 Å². The molecule has 0 radical (unpaired) electrons. The maximum Gasteiger partial charge on any atom is 0.178 e. The van der Waals surface area contributed by atoms with Gasteiger partial charge in [0, 0.05) is 81.5 Å². The Morgan fingerprint density at radius 3 is 0.747 bits per heavy atom. The highest BCUT2D eigenvalue weighted by Crippen LogP contribution is 2.53. The predicted molar refractivity (Wildman–Crippen MR) is 629 cm³/mol. The Kier molecular flexibility index (Phi) is 19.1. The van der Waals surface area contributed by atoms with Gasteiger partial charge < -0.3 is 26.5 Å². The zero-order chi connectivity index (χ0) is 98.3. The summed E-state index contributed by atoms with van der Waals surface area (Å²) in [5.74, 6) is 0. The van der Waals surface area contributed by atoms with Gasteiger partial charge in [-0.05, 0) is 271 Å². The lowest BCUT2D eigenvalue weighted by Crippen LogP contribution is -1.90. The second kappa shape index (κ2) is 33.9. The van der Waals surface area contributed by atoms with Crippen LogP contribution in [-0.4, -0.2) is 0 Å². The van der Waals surface area contributed by atoms with Crippen molar-refractivity contribution in [2.45, 2.75) is 0 Å². The van der Waals surface area contributed by atoms with Crippen LogP contribution in [0.4, 0.5) is 0 Å². The third-order valence-electron chi connectivity index (χ3n) is 31.4. The van der Waals surface area contributed by atoms with Crippen LogP contribution < -0.4 is 0 Å². The van der Waals surface area contributed by atoms with Crippen molar-refractivity contribution in [1.82, 2.24) is 0 Å². The Balaban J connectivity index is 0.000000101. The number of fused-ring (bicyclic) bond motifs is 32. The van der Waals surface area contributed by atoms with E-state index in [0.29, 0.717) is 0 Å². The van der Waals surface area contributed by atoms with E-state index in [2.05, 4.69) is 491 Å². The molecule has 0 spiro atoms. The van der Waals surface area contributed by atoms with Crippen molar-refractivity contribution in [3.8, 4) is 100 Å². The minimum atomic E-state index is 0.794. The summed E-state index contributed by atoms with van der Waals surface area (Å²) < 4.78 is 39.0. The zero-order valence-corrected chi connectivity index (χ0v) is 80.9. The van der Waals surface area contributed by atoms with Gasteiger partial charge in [0.05, 0.1) is 0 Å². The Hall–Kier alpha value is -19.9. The van der Waals surface area contributed by atoms with Crippen LogP contribution in [0.3, 0.4) is 0 Å². The van der Waals surface area contributed by atoms with Gasteiger partial charge in [-0.1, -0.05) is 419 Å². The highest BCUT2D eigenvalue weighted by Gasteiger charge is 2.27. The number of furan rings is 6. The molecular weight excluding hydrogens is 1830 g/mol. The summed E-state index contributed by atoms with van der Waals surface area (Å²) in [6.07, 6.45) is 0. The van der Waals surface area contributed by atoms with Crippen molar-refractivity contribution in [1.29, 1.82) is 0 Å². The van der Waals surface area contributed by atoms with E-state index in [4.69, 9.17) is 26.5 Å².